The van der Waals surface area contributed by atoms with Crippen LogP contribution in [0.5, 0.6) is 0 Å². The van der Waals surface area contributed by atoms with Crippen molar-refractivity contribution in [2.24, 2.45) is 0 Å². The quantitative estimate of drug-likeness (QED) is 0.597. The highest BCUT2D eigenvalue weighted by Crippen LogP contribution is 2.11. The van der Waals surface area contributed by atoms with Crippen molar-refractivity contribution in [2.75, 3.05) is 18.1 Å². The monoisotopic (exact) mass is 282 g/mol. The van der Waals surface area contributed by atoms with Crippen LogP contribution in [0, 0.1) is 0 Å². The molecule has 1 aromatic carbocycles. The highest BCUT2D eigenvalue weighted by atomic mass is 32.1. The molecule has 0 unspecified atom stereocenters. The second-order valence-corrected chi connectivity index (χ2v) is 5.08. The van der Waals surface area contributed by atoms with E-state index in [9.17, 15) is 4.79 Å². The van der Waals surface area contributed by atoms with Crippen LogP contribution in [0.3, 0.4) is 0 Å². The molecule has 4 nitrogen and oxygen atoms in total. The molecule has 0 heterocycles. The first-order valence-electron chi connectivity index (χ1n) is 6.38. The van der Waals surface area contributed by atoms with Crippen LogP contribution < -0.4 is 5.32 Å². The largest absolute Gasteiger partial charge is 0.326 e. The molecule has 5 heteroatoms. The summed E-state index contributed by atoms with van der Waals surface area (Å²) in [4.78, 5) is 17.0. The van der Waals surface area contributed by atoms with Crippen molar-refractivity contribution in [3.05, 3.63) is 29.8 Å². The molecule has 0 fully saturated rings. The third kappa shape index (κ3) is 6.09. The maximum atomic E-state index is 11.4. The van der Waals surface area contributed by atoms with Gasteiger partial charge in [0.25, 0.3) is 0 Å². The second kappa shape index (κ2) is 8.19. The Hall–Kier alpha value is -1.04. The molecular weight excluding hydrogens is 260 g/mol. The van der Waals surface area contributed by atoms with Gasteiger partial charge in [-0.3, -0.25) is 9.63 Å². The fourth-order valence-electron chi connectivity index (χ4n) is 1.33. The number of rotatable bonds is 7. The minimum atomic E-state index is -0.0152. The van der Waals surface area contributed by atoms with E-state index in [0.29, 0.717) is 24.8 Å². The van der Waals surface area contributed by atoms with Crippen molar-refractivity contribution >= 4 is 24.2 Å². The van der Waals surface area contributed by atoms with E-state index in [1.165, 1.54) is 0 Å². The lowest BCUT2D eigenvalue weighted by Gasteiger charge is -2.20. The molecule has 0 aliphatic rings. The lowest BCUT2D eigenvalue weighted by atomic mass is 10.2. The van der Waals surface area contributed by atoms with E-state index in [0.717, 1.165) is 11.3 Å². The zero-order chi connectivity index (χ0) is 14.3. The van der Waals surface area contributed by atoms with Crippen LogP contribution >= 0.6 is 12.6 Å². The molecule has 0 saturated heterocycles. The van der Waals surface area contributed by atoms with Gasteiger partial charge in [-0.1, -0.05) is 12.1 Å². The number of anilines is 1. The Morgan fingerprint density at radius 1 is 1.37 bits per heavy atom. The molecule has 0 aliphatic carbocycles. The number of carbonyl (C=O) groups is 1. The number of hydrogen-bond acceptors (Lipinski definition) is 4. The Labute approximate surface area is 120 Å². The molecule has 0 bridgehead atoms. The molecule has 0 aromatic heterocycles. The van der Waals surface area contributed by atoms with E-state index in [4.69, 9.17) is 4.84 Å². The van der Waals surface area contributed by atoms with Crippen molar-refractivity contribution in [1.82, 2.24) is 5.06 Å². The molecule has 1 aromatic rings. The number of hydrogen-bond donors (Lipinski definition) is 2. The van der Waals surface area contributed by atoms with Gasteiger partial charge >= 0.3 is 0 Å². The maximum Gasteiger partial charge on any atom is 0.225 e. The minimum absolute atomic E-state index is 0.0152. The Morgan fingerprint density at radius 3 is 2.53 bits per heavy atom. The number of nitrogens with one attached hydrogen (secondary N) is 1. The van der Waals surface area contributed by atoms with E-state index in [2.05, 4.69) is 31.8 Å². The van der Waals surface area contributed by atoms with Crippen LogP contribution in [-0.2, 0) is 16.2 Å². The van der Waals surface area contributed by atoms with Crippen molar-refractivity contribution in [1.29, 1.82) is 0 Å². The zero-order valence-electron chi connectivity index (χ0n) is 11.7. The molecule has 0 saturated carbocycles. The summed E-state index contributed by atoms with van der Waals surface area (Å²) in [5, 5.41) is 4.64. The van der Waals surface area contributed by atoms with Crippen molar-refractivity contribution < 1.29 is 9.63 Å². The zero-order valence-corrected chi connectivity index (χ0v) is 12.6. The van der Waals surface area contributed by atoms with Gasteiger partial charge in [-0.25, -0.2) is 0 Å². The van der Waals surface area contributed by atoms with E-state index in [-0.39, 0.29) is 5.91 Å². The summed E-state index contributed by atoms with van der Waals surface area (Å²) in [5.41, 5.74) is 1.87. The predicted molar refractivity (Wildman–Crippen MR) is 81.2 cm³/mol. The first-order valence-corrected chi connectivity index (χ1v) is 7.01. The fraction of sp³-hybridized carbons (Fsp3) is 0.500. The molecule has 1 rings (SSSR count). The molecule has 0 radical (unpaired) electrons. The van der Waals surface area contributed by atoms with Gasteiger partial charge in [0.2, 0.25) is 5.91 Å². The third-order valence-corrected chi connectivity index (χ3v) is 2.96. The van der Waals surface area contributed by atoms with Crippen LogP contribution in [0.25, 0.3) is 0 Å². The molecule has 0 atom stereocenters. The summed E-state index contributed by atoms with van der Waals surface area (Å²) in [7, 11) is 1.91. The summed E-state index contributed by atoms with van der Waals surface area (Å²) in [6.45, 7) is 4.67. The average Bonchev–Trinajstić information content (AvgIpc) is 2.37. The van der Waals surface area contributed by atoms with Gasteiger partial charge < -0.3 is 5.32 Å². The van der Waals surface area contributed by atoms with Gasteiger partial charge in [0.05, 0.1) is 6.61 Å². The number of carbonyl (C=O) groups excluding carboxylic acids is 1. The van der Waals surface area contributed by atoms with E-state index >= 15 is 0 Å². The number of benzene rings is 1. The molecular formula is C14H22N2O2S. The summed E-state index contributed by atoms with van der Waals surface area (Å²) in [6, 6.07) is 8.00. The summed E-state index contributed by atoms with van der Waals surface area (Å²) in [5.74, 6) is 0.540. The van der Waals surface area contributed by atoms with Crippen molar-refractivity contribution in [3.63, 3.8) is 0 Å². The molecule has 0 spiro atoms. The molecule has 106 valence electrons. The Bertz CT molecular complexity index is 393. The van der Waals surface area contributed by atoms with Crippen molar-refractivity contribution in [2.45, 2.75) is 32.9 Å². The van der Waals surface area contributed by atoms with Crippen LogP contribution in [0.15, 0.2) is 24.3 Å². The SMILES string of the molecule is CC(C)N(C)OCc1ccc(NC(=O)CCS)cc1. The van der Waals surface area contributed by atoms with E-state index < -0.39 is 0 Å². The predicted octanol–water partition coefficient (Wildman–Crippen LogP) is 2.72. The standard InChI is InChI=1S/C14H22N2O2S/c1-11(2)16(3)18-10-12-4-6-13(7-5-12)15-14(17)8-9-19/h4-7,11,19H,8-10H2,1-3H3,(H,15,17). The Morgan fingerprint density at radius 2 is 2.00 bits per heavy atom. The van der Waals surface area contributed by atoms with Gasteiger partial charge in [-0.15, -0.1) is 0 Å². The van der Waals surface area contributed by atoms with Gasteiger partial charge in [0.1, 0.15) is 0 Å². The highest BCUT2D eigenvalue weighted by Gasteiger charge is 2.04. The van der Waals surface area contributed by atoms with E-state index in [1.54, 1.807) is 0 Å². The van der Waals surface area contributed by atoms with Crippen LogP contribution in [-0.4, -0.2) is 29.8 Å². The molecule has 1 N–H and O–H groups in total. The lowest BCUT2D eigenvalue weighted by molar-refractivity contribution is -0.170. The molecule has 0 aliphatic heterocycles. The minimum Gasteiger partial charge on any atom is -0.326 e. The van der Waals surface area contributed by atoms with Gasteiger partial charge in [-0.05, 0) is 37.3 Å². The first kappa shape index (κ1) is 16.0. The fourth-order valence-corrected chi connectivity index (χ4v) is 1.54. The topological polar surface area (TPSA) is 41.6 Å². The smallest absolute Gasteiger partial charge is 0.225 e. The van der Waals surface area contributed by atoms with Crippen LogP contribution in [0.2, 0.25) is 0 Å². The first-order chi connectivity index (χ1) is 9.02. The van der Waals surface area contributed by atoms with Crippen molar-refractivity contribution in [3.8, 4) is 0 Å². The lowest BCUT2D eigenvalue weighted by Crippen LogP contribution is -2.26. The average molecular weight is 282 g/mol. The van der Waals surface area contributed by atoms with E-state index in [1.807, 2.05) is 36.4 Å². The number of nitrogens with zero attached hydrogens (tertiary/aromatic N) is 1. The maximum absolute atomic E-state index is 11.4. The van der Waals surface area contributed by atoms with Gasteiger partial charge in [0.15, 0.2) is 0 Å². The number of thiol groups is 1. The number of hydroxylamine groups is 2. The third-order valence-electron chi connectivity index (χ3n) is 2.74. The summed E-state index contributed by atoms with van der Waals surface area (Å²) in [6.07, 6.45) is 0.424. The highest BCUT2D eigenvalue weighted by molar-refractivity contribution is 7.80. The molecule has 1 amide bonds. The number of amides is 1. The molecule has 19 heavy (non-hydrogen) atoms. The summed E-state index contributed by atoms with van der Waals surface area (Å²) < 4.78 is 0. The van der Waals surface area contributed by atoms with Crippen LogP contribution in [0.4, 0.5) is 5.69 Å². The Balaban J connectivity index is 2.45. The Kier molecular flexibility index (Phi) is 6.91. The second-order valence-electron chi connectivity index (χ2n) is 4.63. The summed E-state index contributed by atoms with van der Waals surface area (Å²) >= 11 is 4.02. The van der Waals surface area contributed by atoms with Gasteiger partial charge in [-0.2, -0.15) is 17.7 Å². The van der Waals surface area contributed by atoms with Crippen LogP contribution in [0.1, 0.15) is 25.8 Å². The normalized spacial score (nSPS) is 11.1. The van der Waals surface area contributed by atoms with Gasteiger partial charge in [0, 0.05) is 25.2 Å².